The lowest BCUT2D eigenvalue weighted by molar-refractivity contribution is -0.144. The van der Waals surface area contributed by atoms with Gasteiger partial charge in [-0.25, -0.2) is 9.59 Å². The second kappa shape index (κ2) is 9.27. The highest BCUT2D eigenvalue weighted by atomic mass is 16.7. The van der Waals surface area contributed by atoms with Gasteiger partial charge in [0.25, 0.3) is 0 Å². The zero-order chi connectivity index (χ0) is 18.1. The molecule has 2 aromatic carbocycles. The molecule has 0 bridgehead atoms. The Balaban J connectivity index is 1.89. The van der Waals surface area contributed by atoms with Gasteiger partial charge >= 0.3 is 11.9 Å². The van der Waals surface area contributed by atoms with Crippen LogP contribution in [-0.2, 0) is 16.0 Å². The molecule has 0 aliphatic rings. The van der Waals surface area contributed by atoms with Crippen molar-refractivity contribution >= 4 is 11.9 Å². The van der Waals surface area contributed by atoms with Gasteiger partial charge in [-0.2, -0.15) is 0 Å². The summed E-state index contributed by atoms with van der Waals surface area (Å²) in [7, 11) is 0. The fourth-order valence-corrected chi connectivity index (χ4v) is 2.08. The summed E-state index contributed by atoms with van der Waals surface area (Å²) in [6, 6.07) is 13.8. The van der Waals surface area contributed by atoms with Gasteiger partial charge in [-0.3, -0.25) is 0 Å². The fourth-order valence-electron chi connectivity index (χ4n) is 2.08. The Bertz CT molecular complexity index is 717. The molecule has 0 N–H and O–H groups in total. The third kappa shape index (κ3) is 5.80. The summed E-state index contributed by atoms with van der Waals surface area (Å²) in [5.41, 5.74) is 1.61. The van der Waals surface area contributed by atoms with Gasteiger partial charge in [-0.1, -0.05) is 32.1 Å². The van der Waals surface area contributed by atoms with Crippen LogP contribution in [0.1, 0.15) is 29.3 Å². The van der Waals surface area contributed by atoms with Crippen LogP contribution in [0.2, 0.25) is 0 Å². The minimum Gasteiger partial charge on any atom is -0.457 e. The van der Waals surface area contributed by atoms with Gasteiger partial charge in [0.05, 0.1) is 5.56 Å². The maximum Gasteiger partial charge on any atom is 0.343 e. The van der Waals surface area contributed by atoms with Crippen molar-refractivity contribution in [1.82, 2.24) is 0 Å². The normalized spacial score (nSPS) is 9.96. The van der Waals surface area contributed by atoms with E-state index < -0.39 is 11.9 Å². The van der Waals surface area contributed by atoms with Crippen LogP contribution in [-0.4, -0.2) is 18.7 Å². The van der Waals surface area contributed by atoms with Crippen molar-refractivity contribution in [3.8, 4) is 11.5 Å². The molecule has 0 amide bonds. The minimum absolute atomic E-state index is 0.223. The van der Waals surface area contributed by atoms with E-state index in [4.69, 9.17) is 14.2 Å². The number of ether oxygens (including phenoxy) is 3. The first-order chi connectivity index (χ1) is 12.1. The molecule has 2 rings (SSSR count). The molecule has 0 aromatic heterocycles. The van der Waals surface area contributed by atoms with Crippen LogP contribution < -0.4 is 9.47 Å². The summed E-state index contributed by atoms with van der Waals surface area (Å²) >= 11 is 0. The maximum atomic E-state index is 12.1. The first kappa shape index (κ1) is 18.3. The van der Waals surface area contributed by atoms with Gasteiger partial charge in [-0.15, -0.1) is 0 Å². The maximum absolute atomic E-state index is 12.1. The Morgan fingerprint density at radius 3 is 2.24 bits per heavy atom. The number of benzene rings is 2. The van der Waals surface area contributed by atoms with Gasteiger partial charge in [0.1, 0.15) is 11.5 Å². The highest BCUT2D eigenvalue weighted by Crippen LogP contribution is 2.17. The van der Waals surface area contributed by atoms with Crippen LogP contribution in [0, 0.1) is 0 Å². The van der Waals surface area contributed by atoms with E-state index >= 15 is 0 Å². The third-order valence-corrected chi connectivity index (χ3v) is 3.36. The Morgan fingerprint density at radius 2 is 1.64 bits per heavy atom. The van der Waals surface area contributed by atoms with E-state index in [1.54, 1.807) is 36.4 Å². The van der Waals surface area contributed by atoms with Crippen molar-refractivity contribution in [2.75, 3.05) is 6.79 Å². The molecule has 0 saturated carbocycles. The smallest absolute Gasteiger partial charge is 0.343 e. The van der Waals surface area contributed by atoms with Gasteiger partial charge in [0.2, 0.25) is 6.79 Å². The van der Waals surface area contributed by atoms with Crippen LogP contribution in [0.4, 0.5) is 0 Å². The van der Waals surface area contributed by atoms with Crippen molar-refractivity contribution in [3.63, 3.8) is 0 Å². The van der Waals surface area contributed by atoms with Crippen molar-refractivity contribution in [1.29, 1.82) is 0 Å². The number of carbonyl (C=O) groups is 2. The molecule has 25 heavy (non-hydrogen) atoms. The van der Waals surface area contributed by atoms with Crippen molar-refractivity contribution in [2.24, 2.45) is 0 Å². The number of rotatable bonds is 8. The SMILES string of the molecule is C=CC(=O)OCOc1ccc(C(=O)Oc2ccc(CCC)cc2)cc1. The second-order valence-corrected chi connectivity index (χ2v) is 5.24. The van der Waals surface area contributed by atoms with Gasteiger partial charge in [0, 0.05) is 6.08 Å². The Labute approximate surface area is 146 Å². The lowest BCUT2D eigenvalue weighted by atomic mass is 10.1. The summed E-state index contributed by atoms with van der Waals surface area (Å²) < 4.78 is 15.3. The summed E-state index contributed by atoms with van der Waals surface area (Å²) in [6.45, 7) is 5.18. The Morgan fingerprint density at radius 1 is 1.00 bits per heavy atom. The predicted molar refractivity (Wildman–Crippen MR) is 93.6 cm³/mol. The molecule has 130 valence electrons. The average Bonchev–Trinajstić information content (AvgIpc) is 2.64. The summed E-state index contributed by atoms with van der Waals surface area (Å²) in [4.78, 5) is 23.0. The molecule has 0 aliphatic heterocycles. The molecule has 0 atom stereocenters. The molecule has 0 saturated heterocycles. The van der Waals surface area contributed by atoms with Crippen molar-refractivity contribution < 1.29 is 23.8 Å². The molecule has 0 aliphatic carbocycles. The molecule has 0 spiro atoms. The molecule has 0 heterocycles. The first-order valence-corrected chi connectivity index (χ1v) is 7.95. The van der Waals surface area contributed by atoms with Crippen LogP contribution in [0.15, 0.2) is 61.2 Å². The molecule has 5 nitrogen and oxygen atoms in total. The van der Waals surface area contributed by atoms with E-state index in [2.05, 4.69) is 13.5 Å². The number of aryl methyl sites for hydroxylation is 1. The topological polar surface area (TPSA) is 61.8 Å². The molecular weight excluding hydrogens is 320 g/mol. The summed E-state index contributed by atoms with van der Waals surface area (Å²) in [6.07, 6.45) is 3.12. The van der Waals surface area contributed by atoms with Gasteiger partial charge in [0.15, 0.2) is 0 Å². The number of hydrogen-bond acceptors (Lipinski definition) is 5. The third-order valence-electron chi connectivity index (χ3n) is 3.36. The summed E-state index contributed by atoms with van der Waals surface area (Å²) in [5.74, 6) is -0.0446. The highest BCUT2D eigenvalue weighted by Gasteiger charge is 2.09. The Kier molecular flexibility index (Phi) is 6.77. The second-order valence-electron chi connectivity index (χ2n) is 5.24. The van der Waals surface area contributed by atoms with Crippen LogP contribution in [0.3, 0.4) is 0 Å². The van der Waals surface area contributed by atoms with E-state index in [9.17, 15) is 9.59 Å². The molecule has 0 radical (unpaired) electrons. The van der Waals surface area contributed by atoms with Crippen molar-refractivity contribution in [3.05, 3.63) is 72.3 Å². The number of carbonyl (C=O) groups excluding carboxylic acids is 2. The molecule has 2 aromatic rings. The molecule has 0 unspecified atom stereocenters. The summed E-state index contributed by atoms with van der Waals surface area (Å²) in [5, 5.41) is 0. The van der Waals surface area contributed by atoms with E-state index in [1.807, 2.05) is 12.1 Å². The number of esters is 2. The largest absolute Gasteiger partial charge is 0.457 e. The monoisotopic (exact) mass is 340 g/mol. The van der Waals surface area contributed by atoms with Crippen LogP contribution in [0.5, 0.6) is 11.5 Å². The predicted octanol–water partition coefficient (Wildman–Crippen LogP) is 3.92. The quantitative estimate of drug-likeness (QED) is 0.315. The zero-order valence-corrected chi connectivity index (χ0v) is 14.1. The highest BCUT2D eigenvalue weighted by molar-refractivity contribution is 5.91. The molecule has 5 heteroatoms. The zero-order valence-electron chi connectivity index (χ0n) is 14.1. The van der Waals surface area contributed by atoms with E-state index in [1.165, 1.54) is 5.56 Å². The minimum atomic E-state index is -0.565. The lowest BCUT2D eigenvalue weighted by Crippen LogP contribution is -2.09. The van der Waals surface area contributed by atoms with E-state index in [-0.39, 0.29) is 6.79 Å². The van der Waals surface area contributed by atoms with Crippen molar-refractivity contribution in [2.45, 2.75) is 19.8 Å². The van der Waals surface area contributed by atoms with Gasteiger partial charge < -0.3 is 14.2 Å². The molecule has 0 fully saturated rings. The van der Waals surface area contributed by atoms with E-state index in [0.29, 0.717) is 17.1 Å². The van der Waals surface area contributed by atoms with Crippen LogP contribution >= 0.6 is 0 Å². The lowest BCUT2D eigenvalue weighted by Gasteiger charge is -2.08. The fraction of sp³-hybridized carbons (Fsp3) is 0.200. The standard InChI is InChI=1S/C20H20O5/c1-3-5-15-6-10-18(11-7-15)25-20(22)16-8-12-17(13-9-16)23-14-24-19(21)4-2/h4,6-13H,2-3,5,14H2,1H3. The first-order valence-electron chi connectivity index (χ1n) is 7.95. The molecular formula is C20H20O5. The van der Waals surface area contributed by atoms with Crippen LogP contribution in [0.25, 0.3) is 0 Å². The average molecular weight is 340 g/mol. The number of hydrogen-bond donors (Lipinski definition) is 0. The Hall–Kier alpha value is -3.08. The van der Waals surface area contributed by atoms with Gasteiger partial charge in [-0.05, 0) is 48.4 Å². The van der Waals surface area contributed by atoms with E-state index in [0.717, 1.165) is 18.9 Å².